The van der Waals surface area contributed by atoms with E-state index >= 15 is 0 Å². The van der Waals surface area contributed by atoms with Crippen molar-refractivity contribution in [2.45, 2.75) is 32.5 Å². The van der Waals surface area contributed by atoms with E-state index in [4.69, 9.17) is 0 Å². The summed E-state index contributed by atoms with van der Waals surface area (Å²) in [5, 5.41) is 1.94. The number of likely N-dealkylation sites (tertiary alicyclic amines) is 1. The number of rotatable bonds is 5. The molecule has 144 valence electrons. The SMILES string of the molecule is CC(=O)c1cc(CN2CCCC(C(=O)c3cccc(C(F)(F)F)c3)C2)cs1. The lowest BCUT2D eigenvalue weighted by molar-refractivity contribution is -0.137. The van der Waals surface area contributed by atoms with Gasteiger partial charge in [0.15, 0.2) is 11.6 Å². The van der Waals surface area contributed by atoms with Gasteiger partial charge in [0.1, 0.15) is 0 Å². The molecule has 3 nitrogen and oxygen atoms in total. The number of Topliss-reactive ketones (excluding diaryl/α,β-unsaturated/α-hetero) is 2. The van der Waals surface area contributed by atoms with Gasteiger partial charge in [0.05, 0.1) is 10.4 Å². The summed E-state index contributed by atoms with van der Waals surface area (Å²) < 4.78 is 38.7. The van der Waals surface area contributed by atoms with Gasteiger partial charge < -0.3 is 0 Å². The third-order valence-corrected chi connectivity index (χ3v) is 5.84. The molecular formula is C20H20F3NO2S. The van der Waals surface area contributed by atoms with E-state index in [2.05, 4.69) is 4.90 Å². The van der Waals surface area contributed by atoms with Gasteiger partial charge in [0, 0.05) is 24.6 Å². The molecule has 7 heteroatoms. The van der Waals surface area contributed by atoms with Crippen LogP contribution in [0.4, 0.5) is 13.2 Å². The number of ketones is 2. The topological polar surface area (TPSA) is 37.4 Å². The van der Waals surface area contributed by atoms with Crippen LogP contribution in [0.15, 0.2) is 35.7 Å². The Morgan fingerprint density at radius 3 is 2.70 bits per heavy atom. The summed E-state index contributed by atoms with van der Waals surface area (Å²) in [6.07, 6.45) is -2.96. The molecule has 0 amide bonds. The molecule has 1 aliphatic heterocycles. The Morgan fingerprint density at radius 2 is 2.04 bits per heavy atom. The van der Waals surface area contributed by atoms with Gasteiger partial charge in [-0.25, -0.2) is 0 Å². The first kappa shape index (κ1) is 19.8. The lowest BCUT2D eigenvalue weighted by Crippen LogP contribution is -2.38. The molecule has 0 bridgehead atoms. The Hall–Kier alpha value is -1.99. The van der Waals surface area contributed by atoms with E-state index < -0.39 is 11.7 Å². The average molecular weight is 395 g/mol. The number of alkyl halides is 3. The van der Waals surface area contributed by atoms with Crippen LogP contribution >= 0.6 is 11.3 Å². The van der Waals surface area contributed by atoms with Gasteiger partial charge >= 0.3 is 6.18 Å². The van der Waals surface area contributed by atoms with Crippen molar-refractivity contribution in [3.05, 3.63) is 57.3 Å². The molecule has 27 heavy (non-hydrogen) atoms. The Labute approximate surface area is 159 Å². The maximum atomic E-state index is 12.9. The molecule has 1 aliphatic rings. The molecular weight excluding hydrogens is 375 g/mol. The highest BCUT2D eigenvalue weighted by Crippen LogP contribution is 2.31. The number of carbonyl (C=O) groups excluding carboxylic acids is 2. The van der Waals surface area contributed by atoms with Gasteiger partial charge in [-0.1, -0.05) is 12.1 Å². The minimum absolute atomic E-state index is 0.0301. The minimum Gasteiger partial charge on any atom is -0.298 e. The molecule has 0 spiro atoms. The van der Waals surface area contributed by atoms with Gasteiger partial charge in [0.2, 0.25) is 0 Å². The van der Waals surface area contributed by atoms with Crippen LogP contribution in [0.1, 0.15) is 50.9 Å². The van der Waals surface area contributed by atoms with Crippen molar-refractivity contribution < 1.29 is 22.8 Å². The number of benzene rings is 1. The molecule has 1 saturated heterocycles. The predicted octanol–water partition coefficient (Wildman–Crippen LogP) is 5.06. The summed E-state index contributed by atoms with van der Waals surface area (Å²) >= 11 is 1.40. The zero-order valence-electron chi connectivity index (χ0n) is 14.9. The van der Waals surface area contributed by atoms with E-state index in [-0.39, 0.29) is 23.0 Å². The molecule has 1 atom stereocenters. The van der Waals surface area contributed by atoms with Crippen LogP contribution in [0.2, 0.25) is 0 Å². The molecule has 1 aromatic heterocycles. The molecule has 0 saturated carbocycles. The maximum Gasteiger partial charge on any atom is 0.416 e. The van der Waals surface area contributed by atoms with Crippen molar-refractivity contribution >= 4 is 22.9 Å². The second kappa shape index (κ2) is 7.94. The predicted molar refractivity (Wildman–Crippen MR) is 98.1 cm³/mol. The van der Waals surface area contributed by atoms with E-state index in [1.807, 2.05) is 11.4 Å². The quantitative estimate of drug-likeness (QED) is 0.664. The van der Waals surface area contributed by atoms with E-state index in [1.54, 1.807) is 0 Å². The van der Waals surface area contributed by atoms with E-state index in [9.17, 15) is 22.8 Å². The molecule has 0 aliphatic carbocycles. The first-order valence-electron chi connectivity index (χ1n) is 8.76. The Balaban J connectivity index is 1.68. The second-order valence-corrected chi connectivity index (χ2v) is 7.80. The number of hydrogen-bond donors (Lipinski definition) is 0. The number of carbonyl (C=O) groups is 2. The summed E-state index contributed by atoms with van der Waals surface area (Å²) in [6, 6.07) is 6.53. The summed E-state index contributed by atoms with van der Waals surface area (Å²) in [5.41, 5.74) is 0.347. The fourth-order valence-corrected chi connectivity index (χ4v) is 4.21. The smallest absolute Gasteiger partial charge is 0.298 e. The van der Waals surface area contributed by atoms with Crippen LogP contribution in [-0.2, 0) is 12.7 Å². The standard InChI is InChI=1S/C20H20F3NO2S/c1-13(25)18-8-14(12-27-18)10-24-7-3-5-16(11-24)19(26)15-4-2-6-17(9-15)20(21,22)23/h2,4,6,8-9,12,16H,3,5,7,10-11H2,1H3. The number of hydrogen-bond acceptors (Lipinski definition) is 4. The van der Waals surface area contributed by atoms with Crippen LogP contribution in [0, 0.1) is 5.92 Å². The van der Waals surface area contributed by atoms with Crippen LogP contribution in [0.25, 0.3) is 0 Å². The molecule has 1 unspecified atom stereocenters. The van der Waals surface area contributed by atoms with Gasteiger partial charge in [0.25, 0.3) is 0 Å². The van der Waals surface area contributed by atoms with E-state index in [1.165, 1.54) is 30.4 Å². The highest BCUT2D eigenvalue weighted by Gasteiger charge is 2.32. The monoisotopic (exact) mass is 395 g/mol. The number of nitrogens with zero attached hydrogens (tertiary/aromatic N) is 1. The summed E-state index contributed by atoms with van der Waals surface area (Å²) in [7, 11) is 0. The first-order chi connectivity index (χ1) is 12.7. The van der Waals surface area contributed by atoms with Crippen molar-refractivity contribution in [3.63, 3.8) is 0 Å². The van der Waals surface area contributed by atoms with Crippen molar-refractivity contribution in [3.8, 4) is 0 Å². The Morgan fingerprint density at radius 1 is 1.26 bits per heavy atom. The fourth-order valence-electron chi connectivity index (χ4n) is 3.40. The average Bonchev–Trinajstić information content (AvgIpc) is 3.09. The summed E-state index contributed by atoms with van der Waals surface area (Å²) in [6.45, 7) is 3.51. The van der Waals surface area contributed by atoms with Crippen LogP contribution in [0.3, 0.4) is 0 Å². The van der Waals surface area contributed by atoms with Gasteiger partial charge in [-0.15, -0.1) is 11.3 Å². The van der Waals surface area contributed by atoms with E-state index in [0.717, 1.165) is 30.7 Å². The zero-order valence-corrected chi connectivity index (χ0v) is 15.7. The van der Waals surface area contributed by atoms with Gasteiger partial charge in [-0.2, -0.15) is 13.2 Å². The highest BCUT2D eigenvalue weighted by molar-refractivity contribution is 7.12. The third kappa shape index (κ3) is 4.84. The van der Waals surface area contributed by atoms with Crippen LogP contribution in [-0.4, -0.2) is 29.6 Å². The molecule has 3 rings (SSSR count). The van der Waals surface area contributed by atoms with E-state index in [0.29, 0.717) is 24.4 Å². The maximum absolute atomic E-state index is 12.9. The number of halogens is 3. The summed E-state index contributed by atoms with van der Waals surface area (Å²) in [4.78, 5) is 27.0. The lowest BCUT2D eigenvalue weighted by Gasteiger charge is -2.31. The largest absolute Gasteiger partial charge is 0.416 e. The van der Waals surface area contributed by atoms with Gasteiger partial charge in [-0.3, -0.25) is 14.5 Å². The molecule has 1 aromatic carbocycles. The van der Waals surface area contributed by atoms with Crippen molar-refractivity contribution in [1.82, 2.24) is 4.90 Å². The normalized spacial score (nSPS) is 18.4. The molecule has 2 heterocycles. The first-order valence-corrected chi connectivity index (χ1v) is 9.64. The third-order valence-electron chi connectivity index (χ3n) is 4.76. The molecule has 0 N–H and O–H groups in total. The lowest BCUT2D eigenvalue weighted by atomic mass is 9.89. The number of thiophene rings is 1. The van der Waals surface area contributed by atoms with Crippen LogP contribution in [0.5, 0.6) is 0 Å². The highest BCUT2D eigenvalue weighted by atomic mass is 32.1. The second-order valence-electron chi connectivity index (χ2n) is 6.89. The fraction of sp³-hybridized carbons (Fsp3) is 0.400. The molecule has 0 radical (unpaired) electrons. The van der Waals surface area contributed by atoms with Crippen molar-refractivity contribution in [1.29, 1.82) is 0 Å². The molecule has 2 aromatic rings. The summed E-state index contributed by atoms with van der Waals surface area (Å²) in [5.74, 6) is -0.517. The van der Waals surface area contributed by atoms with Crippen molar-refractivity contribution in [2.75, 3.05) is 13.1 Å². The number of piperidine rings is 1. The van der Waals surface area contributed by atoms with Gasteiger partial charge in [-0.05, 0) is 55.5 Å². The minimum atomic E-state index is -4.46. The Bertz CT molecular complexity index is 844. The van der Waals surface area contributed by atoms with Crippen molar-refractivity contribution in [2.24, 2.45) is 5.92 Å². The Kier molecular flexibility index (Phi) is 5.81. The molecule has 1 fully saturated rings. The van der Waals surface area contributed by atoms with Crippen LogP contribution < -0.4 is 0 Å². The zero-order chi connectivity index (χ0) is 19.6.